The number of hydrogen-bond acceptors (Lipinski definition) is 1. The lowest BCUT2D eigenvalue weighted by Gasteiger charge is -2.21. The Bertz CT molecular complexity index is 2360. The van der Waals surface area contributed by atoms with Crippen LogP contribution in [0.1, 0.15) is 25.0 Å². The quantitative estimate of drug-likeness (QED) is 0.200. The Kier molecular flexibility index (Phi) is 5.88. The molecule has 218 valence electrons. The van der Waals surface area contributed by atoms with Crippen molar-refractivity contribution < 1.29 is 0 Å². The Hall–Kier alpha value is -5.73. The molecule has 46 heavy (non-hydrogen) atoms. The molecule has 0 unspecified atom stereocenters. The second kappa shape index (κ2) is 10.2. The van der Waals surface area contributed by atoms with Gasteiger partial charge in [0.05, 0.1) is 22.4 Å². The molecule has 0 saturated heterocycles. The molecule has 0 fully saturated rings. The van der Waals surface area contributed by atoms with Gasteiger partial charge in [0, 0.05) is 33.0 Å². The van der Waals surface area contributed by atoms with E-state index in [-0.39, 0.29) is 5.41 Å². The van der Waals surface area contributed by atoms with Crippen LogP contribution in [0.25, 0.3) is 72.3 Å². The largest absolute Gasteiger partial charge is 0.309 e. The van der Waals surface area contributed by atoms with E-state index in [1.54, 1.807) is 0 Å². The summed E-state index contributed by atoms with van der Waals surface area (Å²) >= 11 is 0. The SMILES string of the molecule is CC1(C)c2ccccc2-c2cc3c(cc21)c1ccccc1n3-c1ccc(-c2cc(-c3ccccc3)nc(-c3ccccc3)c2)cc1. The maximum Gasteiger partial charge on any atom is 0.0715 e. The van der Waals surface area contributed by atoms with E-state index in [0.29, 0.717) is 0 Å². The highest BCUT2D eigenvalue weighted by molar-refractivity contribution is 6.11. The highest BCUT2D eigenvalue weighted by Crippen LogP contribution is 2.51. The maximum absolute atomic E-state index is 5.08. The van der Waals surface area contributed by atoms with Gasteiger partial charge in [-0.3, -0.25) is 0 Å². The van der Waals surface area contributed by atoms with Crippen molar-refractivity contribution in [3.63, 3.8) is 0 Å². The average Bonchev–Trinajstić information content (AvgIpc) is 3.56. The van der Waals surface area contributed by atoms with Crippen molar-refractivity contribution >= 4 is 21.8 Å². The van der Waals surface area contributed by atoms with Crippen LogP contribution >= 0.6 is 0 Å². The molecule has 0 bridgehead atoms. The van der Waals surface area contributed by atoms with Gasteiger partial charge in [-0.05, 0) is 75.8 Å². The van der Waals surface area contributed by atoms with Crippen molar-refractivity contribution in [2.24, 2.45) is 0 Å². The smallest absolute Gasteiger partial charge is 0.0715 e. The normalized spacial score (nSPS) is 13.2. The molecule has 2 heteroatoms. The second-order valence-corrected chi connectivity index (χ2v) is 12.8. The summed E-state index contributed by atoms with van der Waals surface area (Å²) in [5.41, 5.74) is 15.6. The van der Waals surface area contributed by atoms with Crippen molar-refractivity contribution in [2.75, 3.05) is 0 Å². The standard InChI is InChI=1S/C44H32N2/c1-44(2)38-19-11-9-17-34(38)36-28-43-37(27-39(36)44)35-18-10-12-20-42(35)46(43)33-23-21-29(22-24-33)32-25-40(30-13-5-3-6-14-30)45-41(26-32)31-15-7-4-8-16-31/h3-28H,1-2H3. The molecule has 2 heterocycles. The topological polar surface area (TPSA) is 17.8 Å². The van der Waals surface area contributed by atoms with Crippen LogP contribution < -0.4 is 0 Å². The monoisotopic (exact) mass is 588 g/mol. The van der Waals surface area contributed by atoms with Crippen LogP contribution in [0.2, 0.25) is 0 Å². The van der Waals surface area contributed by atoms with Gasteiger partial charge in [-0.1, -0.05) is 129 Å². The van der Waals surface area contributed by atoms with E-state index in [0.717, 1.165) is 39.3 Å². The predicted octanol–water partition coefficient (Wildman–Crippen LogP) is 11.5. The molecule has 8 aromatic rings. The molecule has 2 aromatic heterocycles. The van der Waals surface area contributed by atoms with Gasteiger partial charge in [0.15, 0.2) is 0 Å². The number of rotatable bonds is 4. The first kappa shape index (κ1) is 26.7. The predicted molar refractivity (Wildman–Crippen MR) is 192 cm³/mol. The number of aromatic nitrogens is 2. The summed E-state index contributed by atoms with van der Waals surface area (Å²) in [5.74, 6) is 0. The van der Waals surface area contributed by atoms with Crippen LogP contribution in [0.15, 0.2) is 158 Å². The van der Waals surface area contributed by atoms with Crippen molar-refractivity contribution in [3.05, 3.63) is 169 Å². The molecule has 0 amide bonds. The third-order valence-corrected chi connectivity index (χ3v) is 9.80. The number of pyridine rings is 1. The Labute approximate surface area is 269 Å². The number of benzene rings is 6. The summed E-state index contributed by atoms with van der Waals surface area (Å²) in [6, 6.07) is 56.9. The molecule has 9 rings (SSSR count). The van der Waals surface area contributed by atoms with E-state index >= 15 is 0 Å². The number of nitrogens with zero attached hydrogens (tertiary/aromatic N) is 2. The van der Waals surface area contributed by atoms with E-state index in [2.05, 4.69) is 164 Å². The van der Waals surface area contributed by atoms with E-state index in [4.69, 9.17) is 4.98 Å². The van der Waals surface area contributed by atoms with Gasteiger partial charge in [-0.25, -0.2) is 4.98 Å². The maximum atomic E-state index is 5.08. The van der Waals surface area contributed by atoms with Gasteiger partial charge in [0.1, 0.15) is 0 Å². The van der Waals surface area contributed by atoms with Crippen LogP contribution in [0.3, 0.4) is 0 Å². The van der Waals surface area contributed by atoms with Gasteiger partial charge in [0.25, 0.3) is 0 Å². The van der Waals surface area contributed by atoms with Crippen molar-refractivity contribution in [3.8, 4) is 50.5 Å². The first-order valence-electron chi connectivity index (χ1n) is 16.0. The van der Waals surface area contributed by atoms with Crippen molar-refractivity contribution in [1.29, 1.82) is 0 Å². The summed E-state index contributed by atoms with van der Waals surface area (Å²) in [5, 5.41) is 2.58. The van der Waals surface area contributed by atoms with Gasteiger partial charge in [-0.2, -0.15) is 0 Å². The van der Waals surface area contributed by atoms with Crippen LogP contribution in [0.5, 0.6) is 0 Å². The second-order valence-electron chi connectivity index (χ2n) is 12.8. The minimum absolute atomic E-state index is 0.0350. The Morgan fingerprint density at radius 3 is 1.74 bits per heavy atom. The molecular weight excluding hydrogens is 556 g/mol. The molecule has 0 spiro atoms. The zero-order valence-electron chi connectivity index (χ0n) is 25.9. The third kappa shape index (κ3) is 4.07. The van der Waals surface area contributed by atoms with Crippen LogP contribution in [0.4, 0.5) is 0 Å². The summed E-state index contributed by atoms with van der Waals surface area (Å²) in [7, 11) is 0. The van der Waals surface area contributed by atoms with Crippen molar-refractivity contribution in [2.45, 2.75) is 19.3 Å². The fraction of sp³-hybridized carbons (Fsp3) is 0.0682. The van der Waals surface area contributed by atoms with Gasteiger partial charge in [-0.15, -0.1) is 0 Å². The van der Waals surface area contributed by atoms with Crippen LogP contribution in [-0.4, -0.2) is 9.55 Å². The van der Waals surface area contributed by atoms with E-state index in [1.807, 2.05) is 12.1 Å². The summed E-state index contributed by atoms with van der Waals surface area (Å²) in [6.45, 7) is 4.71. The van der Waals surface area contributed by atoms with E-state index < -0.39 is 0 Å². The van der Waals surface area contributed by atoms with Gasteiger partial charge < -0.3 is 4.57 Å². The van der Waals surface area contributed by atoms with Crippen LogP contribution in [-0.2, 0) is 5.41 Å². The summed E-state index contributed by atoms with van der Waals surface area (Å²) in [4.78, 5) is 5.08. The lowest BCUT2D eigenvalue weighted by Crippen LogP contribution is -2.14. The first-order chi connectivity index (χ1) is 22.6. The van der Waals surface area contributed by atoms with Crippen LogP contribution in [0, 0.1) is 0 Å². The molecule has 6 aromatic carbocycles. The fourth-order valence-electron chi connectivity index (χ4n) is 7.46. The minimum atomic E-state index is -0.0350. The van der Waals surface area contributed by atoms with Gasteiger partial charge in [0.2, 0.25) is 0 Å². The zero-order valence-corrected chi connectivity index (χ0v) is 25.9. The molecule has 1 aliphatic carbocycles. The average molecular weight is 589 g/mol. The molecule has 1 aliphatic rings. The Morgan fingerprint density at radius 2 is 1.04 bits per heavy atom. The third-order valence-electron chi connectivity index (χ3n) is 9.80. The van der Waals surface area contributed by atoms with E-state index in [1.165, 1.54) is 44.1 Å². The molecular formula is C44H32N2. The highest BCUT2D eigenvalue weighted by atomic mass is 15.0. The van der Waals surface area contributed by atoms with E-state index in [9.17, 15) is 0 Å². The molecule has 0 aliphatic heterocycles. The number of para-hydroxylation sites is 1. The Morgan fingerprint density at radius 1 is 0.435 bits per heavy atom. The fourth-order valence-corrected chi connectivity index (χ4v) is 7.46. The van der Waals surface area contributed by atoms with Gasteiger partial charge >= 0.3 is 0 Å². The first-order valence-corrected chi connectivity index (χ1v) is 16.0. The minimum Gasteiger partial charge on any atom is -0.309 e. The Balaban J connectivity index is 1.21. The molecule has 0 N–H and O–H groups in total. The molecule has 2 nitrogen and oxygen atoms in total. The lowest BCUT2D eigenvalue weighted by atomic mass is 9.82. The zero-order chi connectivity index (χ0) is 30.8. The number of hydrogen-bond donors (Lipinski definition) is 0. The summed E-state index contributed by atoms with van der Waals surface area (Å²) < 4.78 is 2.43. The molecule has 0 saturated carbocycles. The van der Waals surface area contributed by atoms with Crippen molar-refractivity contribution in [1.82, 2.24) is 9.55 Å². The highest BCUT2D eigenvalue weighted by Gasteiger charge is 2.36. The summed E-state index contributed by atoms with van der Waals surface area (Å²) in [6.07, 6.45) is 0. The lowest BCUT2D eigenvalue weighted by molar-refractivity contribution is 0.661. The molecule has 0 radical (unpaired) electrons. The molecule has 0 atom stereocenters. The number of fused-ring (bicyclic) bond motifs is 6.